The Kier molecular flexibility index (Phi) is 7.93. The van der Waals surface area contributed by atoms with Crippen LogP contribution in [0.25, 0.3) is 0 Å². The highest BCUT2D eigenvalue weighted by molar-refractivity contribution is 7.98. The minimum Gasteiger partial charge on any atom is -0.452 e. The summed E-state index contributed by atoms with van der Waals surface area (Å²) in [6, 6.07) is 20.6. The number of benzene rings is 2. The minimum atomic E-state index is -0.518. The van der Waals surface area contributed by atoms with Crippen LogP contribution in [0.3, 0.4) is 0 Å². The van der Waals surface area contributed by atoms with E-state index in [-0.39, 0.29) is 18.6 Å². The third kappa shape index (κ3) is 6.31. The standard InChI is InChI=1S/C25H22N2O3S3/c1-17-26-19(15-32-17)16-33-21-11-6-5-10-20(21)25(29)30-14-23(28)27-24(22-12-7-13-31-22)18-8-3-2-4-9-18/h2-13,15,24H,14,16H2,1H3,(H,27,28). The van der Waals surface area contributed by atoms with E-state index in [1.54, 1.807) is 34.8 Å². The number of carbonyl (C=O) groups is 2. The van der Waals surface area contributed by atoms with Gasteiger partial charge in [-0.05, 0) is 36.1 Å². The second-order valence-electron chi connectivity index (χ2n) is 7.15. The van der Waals surface area contributed by atoms with E-state index in [0.717, 1.165) is 26.0 Å². The zero-order chi connectivity index (χ0) is 23.0. The Bertz CT molecular complexity index is 1210. The number of hydrogen-bond acceptors (Lipinski definition) is 7. The lowest BCUT2D eigenvalue weighted by Crippen LogP contribution is -2.32. The van der Waals surface area contributed by atoms with Crippen molar-refractivity contribution in [1.29, 1.82) is 0 Å². The Morgan fingerprint density at radius 1 is 1.03 bits per heavy atom. The molecule has 8 heteroatoms. The van der Waals surface area contributed by atoms with Crippen molar-refractivity contribution in [3.05, 3.63) is 104 Å². The summed E-state index contributed by atoms with van der Waals surface area (Å²) < 4.78 is 5.37. The molecule has 2 aromatic heterocycles. The normalized spacial score (nSPS) is 11.7. The molecule has 1 unspecified atom stereocenters. The molecule has 2 heterocycles. The van der Waals surface area contributed by atoms with Crippen molar-refractivity contribution in [1.82, 2.24) is 10.3 Å². The number of rotatable bonds is 9. The van der Waals surface area contributed by atoms with E-state index < -0.39 is 5.97 Å². The molecule has 5 nitrogen and oxygen atoms in total. The van der Waals surface area contributed by atoms with E-state index in [1.807, 2.05) is 72.3 Å². The predicted octanol–water partition coefficient (Wildman–Crippen LogP) is 5.87. The first kappa shape index (κ1) is 23.2. The second kappa shape index (κ2) is 11.3. The van der Waals surface area contributed by atoms with Crippen LogP contribution in [0.2, 0.25) is 0 Å². The topological polar surface area (TPSA) is 68.3 Å². The van der Waals surface area contributed by atoms with Crippen LogP contribution in [0.4, 0.5) is 0 Å². The molecule has 4 aromatic rings. The van der Waals surface area contributed by atoms with E-state index in [4.69, 9.17) is 4.74 Å². The highest BCUT2D eigenvalue weighted by Crippen LogP contribution is 2.28. The zero-order valence-corrected chi connectivity index (χ0v) is 20.3. The molecule has 0 aliphatic carbocycles. The molecule has 0 saturated heterocycles. The van der Waals surface area contributed by atoms with E-state index in [2.05, 4.69) is 10.3 Å². The van der Waals surface area contributed by atoms with Crippen LogP contribution < -0.4 is 5.32 Å². The van der Waals surface area contributed by atoms with Crippen molar-refractivity contribution in [2.24, 2.45) is 0 Å². The molecule has 0 bridgehead atoms. The largest absolute Gasteiger partial charge is 0.452 e. The van der Waals surface area contributed by atoms with Gasteiger partial charge in [0.05, 0.1) is 22.3 Å². The molecule has 0 aliphatic rings. The fourth-order valence-corrected chi connectivity index (χ4v) is 5.67. The summed E-state index contributed by atoms with van der Waals surface area (Å²) in [6.45, 7) is 1.62. The summed E-state index contributed by atoms with van der Waals surface area (Å²) in [4.78, 5) is 31.7. The Morgan fingerprint density at radius 2 is 1.82 bits per heavy atom. The molecule has 0 fully saturated rings. The fraction of sp³-hybridized carbons (Fsp3) is 0.160. The molecule has 0 radical (unpaired) electrons. The Balaban J connectivity index is 1.38. The SMILES string of the molecule is Cc1nc(CSc2ccccc2C(=O)OCC(=O)NC(c2ccccc2)c2cccs2)cs1. The van der Waals surface area contributed by atoms with Crippen molar-refractivity contribution in [2.45, 2.75) is 23.6 Å². The van der Waals surface area contributed by atoms with Crippen molar-refractivity contribution in [3.63, 3.8) is 0 Å². The number of thiophene rings is 1. The van der Waals surface area contributed by atoms with Crippen molar-refractivity contribution in [3.8, 4) is 0 Å². The Morgan fingerprint density at radius 3 is 2.55 bits per heavy atom. The smallest absolute Gasteiger partial charge is 0.339 e. The quantitative estimate of drug-likeness (QED) is 0.233. The van der Waals surface area contributed by atoms with Crippen LogP contribution >= 0.6 is 34.4 Å². The van der Waals surface area contributed by atoms with E-state index in [9.17, 15) is 9.59 Å². The maximum atomic E-state index is 12.7. The lowest BCUT2D eigenvalue weighted by atomic mass is 10.1. The van der Waals surface area contributed by atoms with E-state index >= 15 is 0 Å². The molecule has 0 spiro atoms. The van der Waals surface area contributed by atoms with Gasteiger partial charge in [0.1, 0.15) is 0 Å². The van der Waals surface area contributed by atoms with Gasteiger partial charge in [0.2, 0.25) is 0 Å². The van der Waals surface area contributed by atoms with Crippen molar-refractivity contribution < 1.29 is 14.3 Å². The maximum Gasteiger partial charge on any atom is 0.339 e. The van der Waals surface area contributed by atoms with Gasteiger partial charge in [0, 0.05) is 20.9 Å². The third-order valence-electron chi connectivity index (χ3n) is 4.75. The third-order valence-corrected chi connectivity index (χ3v) is 7.62. The van der Waals surface area contributed by atoms with Gasteiger partial charge in [-0.3, -0.25) is 4.79 Å². The van der Waals surface area contributed by atoms with Crippen LogP contribution in [-0.4, -0.2) is 23.5 Å². The van der Waals surface area contributed by atoms with Gasteiger partial charge in [0.15, 0.2) is 6.61 Å². The van der Waals surface area contributed by atoms with Crippen LogP contribution in [-0.2, 0) is 15.3 Å². The molecule has 1 amide bonds. The summed E-state index contributed by atoms with van der Waals surface area (Å²) in [7, 11) is 0. The lowest BCUT2D eigenvalue weighted by Gasteiger charge is -2.18. The molecular weight excluding hydrogens is 472 g/mol. The zero-order valence-electron chi connectivity index (χ0n) is 17.9. The summed E-state index contributed by atoms with van der Waals surface area (Å²) in [5, 5.41) is 7.99. The number of nitrogens with zero attached hydrogens (tertiary/aromatic N) is 1. The maximum absolute atomic E-state index is 12.7. The first-order valence-corrected chi connectivity index (χ1v) is 13.0. The molecule has 1 atom stereocenters. The number of nitrogens with one attached hydrogen (secondary N) is 1. The minimum absolute atomic E-state index is 0.290. The van der Waals surface area contributed by atoms with Crippen LogP contribution in [0.1, 0.15) is 37.5 Å². The van der Waals surface area contributed by atoms with Crippen LogP contribution in [0.5, 0.6) is 0 Å². The molecule has 4 rings (SSSR count). The lowest BCUT2D eigenvalue weighted by molar-refractivity contribution is -0.124. The van der Waals surface area contributed by atoms with Crippen LogP contribution in [0.15, 0.2) is 82.4 Å². The van der Waals surface area contributed by atoms with Crippen molar-refractivity contribution in [2.75, 3.05) is 6.61 Å². The number of carbonyl (C=O) groups excluding carboxylic acids is 2. The second-order valence-corrected chi connectivity index (χ2v) is 10.2. The first-order valence-electron chi connectivity index (χ1n) is 10.3. The first-order chi connectivity index (χ1) is 16.1. The van der Waals surface area contributed by atoms with Gasteiger partial charge in [-0.25, -0.2) is 9.78 Å². The fourth-order valence-electron chi connectivity index (χ4n) is 3.22. The van der Waals surface area contributed by atoms with Gasteiger partial charge < -0.3 is 10.1 Å². The number of ether oxygens (including phenoxy) is 1. The molecule has 0 aliphatic heterocycles. The number of aromatic nitrogens is 1. The van der Waals surface area contributed by atoms with Crippen LogP contribution in [0, 0.1) is 6.92 Å². The van der Waals surface area contributed by atoms with Gasteiger partial charge in [-0.15, -0.1) is 34.4 Å². The number of amides is 1. The van der Waals surface area contributed by atoms with Gasteiger partial charge >= 0.3 is 5.97 Å². The molecule has 168 valence electrons. The molecule has 1 N–H and O–H groups in total. The average Bonchev–Trinajstić information content (AvgIpc) is 3.52. The molecule has 2 aromatic carbocycles. The van der Waals surface area contributed by atoms with Crippen molar-refractivity contribution >= 4 is 46.3 Å². The summed E-state index contributed by atoms with van der Waals surface area (Å²) in [5.74, 6) is -0.210. The molecular formula is C25H22N2O3S3. The Labute approximate surface area is 204 Å². The number of thiazole rings is 1. The number of esters is 1. The van der Waals surface area contributed by atoms with E-state index in [0.29, 0.717) is 11.3 Å². The van der Waals surface area contributed by atoms with E-state index in [1.165, 1.54) is 11.8 Å². The highest BCUT2D eigenvalue weighted by atomic mass is 32.2. The number of thioether (sulfide) groups is 1. The monoisotopic (exact) mass is 494 g/mol. The average molecular weight is 495 g/mol. The summed E-state index contributed by atoms with van der Waals surface area (Å²) in [5.41, 5.74) is 2.39. The highest BCUT2D eigenvalue weighted by Gasteiger charge is 2.20. The van der Waals surface area contributed by atoms with Gasteiger partial charge in [-0.1, -0.05) is 48.5 Å². The summed E-state index contributed by atoms with van der Waals surface area (Å²) >= 11 is 4.70. The number of hydrogen-bond donors (Lipinski definition) is 1. The number of aryl methyl sites for hydroxylation is 1. The van der Waals surface area contributed by atoms with Gasteiger partial charge in [-0.2, -0.15) is 0 Å². The Hall–Kier alpha value is -2.94. The molecule has 33 heavy (non-hydrogen) atoms. The predicted molar refractivity (Wildman–Crippen MR) is 134 cm³/mol. The summed E-state index contributed by atoms with van der Waals surface area (Å²) in [6.07, 6.45) is 0. The van der Waals surface area contributed by atoms with Gasteiger partial charge in [0.25, 0.3) is 5.91 Å². The molecule has 0 saturated carbocycles.